The highest BCUT2D eigenvalue weighted by atomic mass is 16.4. The van der Waals surface area contributed by atoms with E-state index in [4.69, 9.17) is 74.5 Å². The Labute approximate surface area is 672 Å². The summed E-state index contributed by atoms with van der Waals surface area (Å²) in [6.07, 6.45) is -0.879. The first kappa shape index (κ1) is 100. The second-order valence-corrected chi connectivity index (χ2v) is 27.3. The van der Waals surface area contributed by atoms with Crippen LogP contribution in [0.3, 0.4) is 0 Å². The van der Waals surface area contributed by atoms with Gasteiger partial charge in [0.15, 0.2) is 29.8 Å². The highest BCUT2D eigenvalue weighted by molar-refractivity contribution is 6.00. The van der Waals surface area contributed by atoms with Gasteiger partial charge in [0.2, 0.25) is 76.8 Å². The third-order valence-electron chi connectivity index (χ3n) is 17.7. The number of aliphatic imine (C=N–C) groups is 5. The zero-order chi connectivity index (χ0) is 86.8. The Balaban J connectivity index is 2.61. The number of unbranched alkanes of at least 4 members (excludes halogenated alkanes) is 2. The Morgan fingerprint density at radius 2 is 0.741 bits per heavy atom. The molecule has 1 aliphatic rings. The predicted octanol–water partition coefficient (Wildman–Crippen LogP) is -11.7. The molecule has 1 saturated heterocycles. The van der Waals surface area contributed by atoms with Gasteiger partial charge in [-0.25, -0.2) is 4.79 Å². The van der Waals surface area contributed by atoms with Crippen LogP contribution in [0.2, 0.25) is 0 Å². The molecule has 13 amide bonds. The van der Waals surface area contributed by atoms with Crippen molar-refractivity contribution >= 4 is 113 Å². The first-order chi connectivity index (χ1) is 55.0. The van der Waals surface area contributed by atoms with Crippen molar-refractivity contribution in [3.8, 4) is 0 Å². The first-order valence-corrected chi connectivity index (χ1v) is 38.2. The Bertz CT molecular complexity index is 3510. The summed E-state index contributed by atoms with van der Waals surface area (Å²) in [5, 5.41) is 51.3. The van der Waals surface area contributed by atoms with E-state index in [1.54, 1.807) is 30.3 Å². The number of guanidine groups is 5. The van der Waals surface area contributed by atoms with Gasteiger partial charge >= 0.3 is 5.97 Å². The van der Waals surface area contributed by atoms with Crippen LogP contribution in [0.4, 0.5) is 0 Å². The lowest BCUT2D eigenvalue weighted by Crippen LogP contribution is -2.60. The van der Waals surface area contributed by atoms with Crippen molar-refractivity contribution in [1.29, 1.82) is 0 Å². The van der Waals surface area contributed by atoms with Crippen molar-refractivity contribution in [1.82, 2.24) is 68.7 Å². The van der Waals surface area contributed by atoms with Crippen molar-refractivity contribution in [2.75, 3.05) is 72.0 Å². The molecule has 0 spiro atoms. The van der Waals surface area contributed by atoms with Crippen molar-refractivity contribution in [2.24, 2.45) is 99.5 Å². The molecule has 1 aromatic carbocycles. The topological polar surface area (TPSA) is 827 Å². The Morgan fingerprint density at radius 1 is 0.414 bits per heavy atom. The minimum absolute atomic E-state index is 0.00868. The van der Waals surface area contributed by atoms with E-state index >= 15 is 0 Å². The number of aliphatic carboxylic acids is 1. The number of carbonyl (C=O) groups excluding carboxylic acids is 13. The summed E-state index contributed by atoms with van der Waals surface area (Å²) in [4.78, 5) is 215. The van der Waals surface area contributed by atoms with Crippen LogP contribution in [0.1, 0.15) is 135 Å². The summed E-state index contributed by atoms with van der Waals surface area (Å²) >= 11 is 0. The number of benzene rings is 1. The molecular weight excluding hydrogens is 1520 g/mol. The Hall–Kier alpha value is -12.0. The normalized spacial score (nSPS) is 15.0. The molecule has 0 radical (unpaired) electrons. The number of aliphatic hydroxyl groups is 1. The molecule has 0 aliphatic carbocycles. The fourth-order valence-electron chi connectivity index (χ4n) is 11.6. The van der Waals surface area contributed by atoms with Crippen LogP contribution < -0.4 is 138 Å². The number of likely N-dealkylation sites (tertiary alicyclic amines) is 1. The number of aliphatic hydroxyl groups excluding tert-OH is 1. The molecule has 0 bridgehead atoms. The Kier molecular flexibility index (Phi) is 47.8. The molecule has 0 aromatic heterocycles. The number of hydrogen-bond donors (Lipinski definition) is 27. The minimum Gasteiger partial charge on any atom is -0.480 e. The molecule has 1 aromatic rings. The van der Waals surface area contributed by atoms with Crippen LogP contribution in [-0.4, -0.2) is 272 Å². The average Bonchev–Trinajstić information content (AvgIpc) is 1.61. The number of nitrogens with two attached hydrogens (primary N) is 13. The zero-order valence-corrected chi connectivity index (χ0v) is 65.8. The lowest BCUT2D eigenvalue weighted by Gasteiger charge is -2.31. The van der Waals surface area contributed by atoms with E-state index in [1.165, 1.54) is 13.8 Å². The maximum absolute atomic E-state index is 14.9. The second-order valence-electron chi connectivity index (χ2n) is 27.3. The van der Waals surface area contributed by atoms with E-state index in [9.17, 15) is 77.3 Å². The molecule has 12 atom stereocenters. The smallest absolute Gasteiger partial charge is 0.326 e. The van der Waals surface area contributed by atoms with Crippen LogP contribution in [0.15, 0.2) is 55.3 Å². The van der Waals surface area contributed by atoms with E-state index < -0.39 is 175 Å². The maximum atomic E-state index is 14.9. The van der Waals surface area contributed by atoms with Gasteiger partial charge in [-0.2, -0.15) is 0 Å². The third kappa shape index (κ3) is 41.2. The summed E-state index contributed by atoms with van der Waals surface area (Å²) in [6.45, 7) is 0.967. The number of rotatable bonds is 57. The second kappa shape index (κ2) is 55.5. The molecule has 2 rings (SSSR count). The third-order valence-corrected chi connectivity index (χ3v) is 17.7. The highest BCUT2D eigenvalue weighted by Gasteiger charge is 2.41. The fraction of sp³-hybridized carbons (Fsp3) is 0.638. The molecule has 650 valence electrons. The first-order valence-electron chi connectivity index (χ1n) is 38.2. The van der Waals surface area contributed by atoms with Crippen molar-refractivity contribution in [3.05, 3.63) is 35.9 Å². The number of nitrogens with one attached hydrogen (secondary N) is 12. The average molecular weight is 1640 g/mol. The number of hydrogen-bond acceptors (Lipinski definition) is 23. The van der Waals surface area contributed by atoms with Gasteiger partial charge in [0, 0.05) is 45.7 Å². The molecule has 47 nitrogen and oxygen atoms in total. The van der Waals surface area contributed by atoms with E-state index in [2.05, 4.69) is 88.8 Å². The van der Waals surface area contributed by atoms with Crippen LogP contribution in [0, 0.1) is 0 Å². The van der Waals surface area contributed by atoms with Crippen molar-refractivity contribution in [2.45, 2.75) is 208 Å². The molecule has 40 N–H and O–H groups in total. The monoisotopic (exact) mass is 1640 g/mol. The van der Waals surface area contributed by atoms with Crippen LogP contribution in [0.25, 0.3) is 0 Å². The van der Waals surface area contributed by atoms with E-state index in [0.29, 0.717) is 18.4 Å². The fourth-order valence-corrected chi connectivity index (χ4v) is 11.6. The summed E-state index contributed by atoms with van der Waals surface area (Å²) < 4.78 is 0. The molecule has 0 unspecified atom stereocenters. The molecular formula is C69H123N31O16. The summed E-state index contributed by atoms with van der Waals surface area (Å²) in [5.74, 6) is -14.3. The summed E-state index contributed by atoms with van der Waals surface area (Å²) in [6, 6.07) is -7.70. The lowest BCUT2D eigenvalue weighted by atomic mass is 10.0. The molecule has 116 heavy (non-hydrogen) atoms. The molecule has 1 heterocycles. The number of carboxylic acids is 1. The van der Waals surface area contributed by atoms with Gasteiger partial charge in [0.05, 0.1) is 25.7 Å². The largest absolute Gasteiger partial charge is 0.480 e. The van der Waals surface area contributed by atoms with Gasteiger partial charge in [-0.1, -0.05) is 30.3 Å². The zero-order valence-electron chi connectivity index (χ0n) is 65.8. The molecule has 0 saturated carbocycles. The number of nitrogens with zero attached hydrogens (tertiary/aromatic N) is 6. The minimum atomic E-state index is -1.63. The highest BCUT2D eigenvalue weighted by Crippen LogP contribution is 2.21. The number of amides is 13. The van der Waals surface area contributed by atoms with Gasteiger partial charge < -0.3 is 153 Å². The molecule has 47 heteroatoms. The van der Waals surface area contributed by atoms with E-state index in [-0.39, 0.29) is 191 Å². The number of carbonyl (C=O) groups is 14. The molecule has 1 fully saturated rings. The van der Waals surface area contributed by atoms with Gasteiger partial charge in [0.1, 0.15) is 66.5 Å². The summed E-state index contributed by atoms with van der Waals surface area (Å²) in [5.41, 5.74) is 73.4. The van der Waals surface area contributed by atoms with E-state index in [0.717, 1.165) is 4.90 Å². The molecule has 1 aliphatic heterocycles. The quantitative estimate of drug-likeness (QED) is 0.0164. The predicted molar refractivity (Wildman–Crippen MR) is 430 cm³/mol. The van der Waals surface area contributed by atoms with Crippen molar-refractivity contribution in [3.63, 3.8) is 0 Å². The Morgan fingerprint density at radius 3 is 1.09 bits per heavy atom. The van der Waals surface area contributed by atoms with E-state index in [1.807, 2.05) is 0 Å². The van der Waals surface area contributed by atoms with Gasteiger partial charge in [-0.15, -0.1) is 0 Å². The van der Waals surface area contributed by atoms with Gasteiger partial charge in [0.25, 0.3) is 0 Å². The van der Waals surface area contributed by atoms with Crippen LogP contribution in [-0.2, 0) is 73.5 Å². The van der Waals surface area contributed by atoms with Gasteiger partial charge in [-0.3, -0.25) is 87.3 Å². The van der Waals surface area contributed by atoms with Crippen LogP contribution in [0.5, 0.6) is 0 Å². The van der Waals surface area contributed by atoms with Crippen molar-refractivity contribution < 1.29 is 77.3 Å². The number of carboxylic acid groups (broad SMARTS) is 1. The summed E-state index contributed by atoms with van der Waals surface area (Å²) in [7, 11) is 0. The maximum Gasteiger partial charge on any atom is 0.326 e. The SMILES string of the molecule is C[C@H](NC(=O)[C@H](CCCN=C(N)N)NC(=O)[C@@H]1CCCN1C(=O)[C@@H](NC(=O)CNC(=O)CNC(=O)CN)[C@@H](C)O)C(=O)N[C@@H](CCCN=C(N)N)C(=O)N[C@@H](CCCN=C(N)N)C(=O)N[C@@H](CCCN=C(N)N)C(=O)N[C@@H](CCCCN)C(=O)N[C@@H](CCCCN)C(=O)N[C@@H](CCCN=C(N)N)C(=O)N[C@@H](Cc1ccccc1)C(=O)O. The van der Waals surface area contributed by atoms with Crippen LogP contribution >= 0.6 is 0 Å². The standard InChI is InChI=1S/C69H123N31O16/c1-38(90-55(106)43(20-10-28-83-65(73)74)97-62(113)49-25-15-33-100(49)63(114)53(39(2)101)99-52(104)37-89-51(103)36-88-50(102)35-72)54(105)91-44(21-11-29-84-66(75)76)58(109)94-46(23-13-31-86-68(79)80)60(111)95-45(22-12-30-85-67(77)78)59(110)93-41(18-6-8-26-70)56(107)92-42(19-7-9-27-71)57(108)96-47(24-14-32-87-69(81)82)61(112)98-48(64(115)116)34-40-16-4-3-5-17-40/h3-5,16-17,38-39,41-49,53,101H,6-15,18-37,70-72H2,1-2H3,(H,88,102)(H,89,103)(H,90,106)(H,91,105)(H,92,107)(H,93,110)(H,94,109)(H,95,111)(H,96,108)(H,97,113)(H,98,112)(H,99,104)(H,115,116)(H4,73,74,83)(H4,75,76,84)(H4,77,78,85)(H4,79,80,86)(H4,81,82,87)/t38-,39+,41-,42-,43-,44-,45-,46-,47-,48-,49-,53-/m0/s1. The lowest BCUT2D eigenvalue weighted by molar-refractivity contribution is -0.144. The van der Waals surface area contributed by atoms with Gasteiger partial charge in [-0.05, 0) is 148 Å².